The van der Waals surface area contributed by atoms with E-state index in [0.29, 0.717) is 42.3 Å². The number of methoxy groups -OCH3 is 2. The number of carbonyl (C=O) groups excluding carboxylic acids is 1. The second-order valence-electron chi connectivity index (χ2n) is 7.17. The van der Waals surface area contributed by atoms with Crippen LogP contribution in [0.3, 0.4) is 0 Å². The van der Waals surface area contributed by atoms with E-state index in [1.54, 1.807) is 20.5 Å². The number of rotatable bonds is 7. The van der Waals surface area contributed by atoms with Gasteiger partial charge in [-0.05, 0) is 30.7 Å². The van der Waals surface area contributed by atoms with Crippen molar-refractivity contribution < 1.29 is 19.0 Å². The summed E-state index contributed by atoms with van der Waals surface area (Å²) in [6.45, 7) is 2.58. The van der Waals surface area contributed by atoms with Crippen molar-refractivity contribution in [1.29, 1.82) is 0 Å². The van der Waals surface area contributed by atoms with Gasteiger partial charge in [-0.1, -0.05) is 6.07 Å². The molecular weight excluding hydrogens is 372 g/mol. The van der Waals surface area contributed by atoms with Gasteiger partial charge >= 0.3 is 0 Å². The third kappa shape index (κ3) is 3.96. The minimum absolute atomic E-state index is 0.0607. The number of hydrogen-bond acceptors (Lipinski definition) is 6. The Morgan fingerprint density at radius 3 is 2.76 bits per heavy atom. The fourth-order valence-electron chi connectivity index (χ4n) is 3.57. The molecule has 1 fully saturated rings. The summed E-state index contributed by atoms with van der Waals surface area (Å²) in [5.41, 5.74) is 3.43. The molecule has 0 saturated carbocycles. The summed E-state index contributed by atoms with van der Waals surface area (Å²) < 4.78 is 16.8. The summed E-state index contributed by atoms with van der Waals surface area (Å²) in [5.74, 6) is 2.02. The maximum Gasteiger partial charge on any atom is 0.242 e. The maximum atomic E-state index is 11.5. The van der Waals surface area contributed by atoms with Crippen LogP contribution >= 0.6 is 0 Å². The number of benzene rings is 1. The van der Waals surface area contributed by atoms with Crippen molar-refractivity contribution in [3.8, 4) is 17.4 Å². The van der Waals surface area contributed by atoms with Crippen molar-refractivity contribution in [1.82, 2.24) is 20.3 Å². The Bertz CT molecular complexity index is 1030. The van der Waals surface area contributed by atoms with E-state index in [0.717, 1.165) is 16.8 Å². The fourth-order valence-corrected chi connectivity index (χ4v) is 3.57. The van der Waals surface area contributed by atoms with Crippen LogP contribution in [0.1, 0.15) is 24.6 Å². The van der Waals surface area contributed by atoms with Crippen LogP contribution in [0.4, 0.5) is 0 Å². The third-order valence-corrected chi connectivity index (χ3v) is 5.23. The molecule has 3 aromatic rings. The molecule has 8 heteroatoms. The molecule has 8 nitrogen and oxygen atoms in total. The standard InChI is InChI=1S/C21H24N4O4/c1-12(14-8-19(26)22-10-14)29-21-20-16(23-11-24-20)9-15(25-21)6-13-4-5-17(27-2)18(7-13)28-3/h4-5,7,9,11-12,14H,6,8,10H2,1-3H3,(H,22,26)(H,23,24)/t12-,14+/m0/s1. The first-order chi connectivity index (χ1) is 14.1. The quantitative estimate of drug-likeness (QED) is 0.637. The first-order valence-electron chi connectivity index (χ1n) is 9.54. The predicted octanol–water partition coefficient (Wildman–Crippen LogP) is 2.47. The molecule has 1 aromatic carbocycles. The predicted molar refractivity (Wildman–Crippen MR) is 107 cm³/mol. The molecule has 0 aliphatic carbocycles. The second kappa shape index (κ2) is 7.98. The zero-order valence-corrected chi connectivity index (χ0v) is 16.7. The van der Waals surface area contributed by atoms with Crippen LogP contribution < -0.4 is 19.5 Å². The van der Waals surface area contributed by atoms with E-state index in [2.05, 4.69) is 15.3 Å². The van der Waals surface area contributed by atoms with E-state index in [-0.39, 0.29) is 17.9 Å². The Kier molecular flexibility index (Phi) is 5.24. The maximum absolute atomic E-state index is 11.5. The zero-order chi connectivity index (χ0) is 20.4. The summed E-state index contributed by atoms with van der Waals surface area (Å²) in [4.78, 5) is 23.7. The number of ether oxygens (including phenoxy) is 3. The lowest BCUT2D eigenvalue weighted by atomic mass is 10.0. The summed E-state index contributed by atoms with van der Waals surface area (Å²) in [7, 11) is 3.23. The number of pyridine rings is 1. The SMILES string of the molecule is COc1ccc(Cc2cc3[nH]cnc3c(O[C@@H](C)[C@H]3CNC(=O)C3)n2)cc1OC. The van der Waals surface area contributed by atoms with Gasteiger partial charge in [0.1, 0.15) is 6.10 Å². The number of imidazole rings is 1. The average Bonchev–Trinajstić information content (AvgIpc) is 3.37. The molecule has 2 atom stereocenters. The molecule has 1 amide bonds. The van der Waals surface area contributed by atoms with Gasteiger partial charge in [-0.3, -0.25) is 4.79 Å². The highest BCUT2D eigenvalue weighted by Gasteiger charge is 2.29. The highest BCUT2D eigenvalue weighted by molar-refractivity contribution is 5.80. The molecule has 2 aromatic heterocycles. The van der Waals surface area contributed by atoms with Crippen LogP contribution in [0.5, 0.6) is 17.4 Å². The average molecular weight is 396 g/mol. The highest BCUT2D eigenvalue weighted by Crippen LogP contribution is 2.30. The third-order valence-electron chi connectivity index (χ3n) is 5.23. The number of amides is 1. The van der Waals surface area contributed by atoms with E-state index < -0.39 is 0 Å². The van der Waals surface area contributed by atoms with E-state index in [9.17, 15) is 4.79 Å². The first kappa shape index (κ1) is 19.0. The van der Waals surface area contributed by atoms with Gasteiger partial charge in [-0.15, -0.1) is 0 Å². The smallest absolute Gasteiger partial charge is 0.242 e. The molecule has 1 aliphatic heterocycles. The highest BCUT2D eigenvalue weighted by atomic mass is 16.5. The monoisotopic (exact) mass is 396 g/mol. The molecular formula is C21H24N4O4. The van der Waals surface area contributed by atoms with E-state index in [4.69, 9.17) is 19.2 Å². The molecule has 3 heterocycles. The number of fused-ring (bicyclic) bond motifs is 1. The van der Waals surface area contributed by atoms with E-state index >= 15 is 0 Å². The van der Waals surface area contributed by atoms with E-state index in [1.165, 1.54) is 0 Å². The molecule has 0 spiro atoms. The largest absolute Gasteiger partial charge is 0.493 e. The van der Waals surface area contributed by atoms with Crippen molar-refractivity contribution in [2.24, 2.45) is 5.92 Å². The molecule has 152 valence electrons. The molecule has 1 saturated heterocycles. The van der Waals surface area contributed by atoms with Crippen LogP contribution in [0.25, 0.3) is 11.0 Å². The van der Waals surface area contributed by atoms with Crippen molar-refractivity contribution in [2.75, 3.05) is 20.8 Å². The summed E-state index contributed by atoms with van der Waals surface area (Å²) in [5, 5.41) is 2.85. The molecule has 4 rings (SSSR count). The lowest BCUT2D eigenvalue weighted by Crippen LogP contribution is -2.26. The van der Waals surface area contributed by atoms with Gasteiger partial charge in [0, 0.05) is 25.3 Å². The molecule has 1 aliphatic rings. The number of aromatic amines is 1. The van der Waals surface area contributed by atoms with Gasteiger partial charge in [0.25, 0.3) is 0 Å². The van der Waals surface area contributed by atoms with Gasteiger partial charge in [0.05, 0.1) is 31.8 Å². The fraction of sp³-hybridized carbons (Fsp3) is 0.381. The number of nitrogens with one attached hydrogen (secondary N) is 2. The van der Waals surface area contributed by atoms with Crippen LogP contribution in [-0.2, 0) is 11.2 Å². The van der Waals surface area contributed by atoms with E-state index in [1.807, 2.05) is 31.2 Å². The molecule has 0 unspecified atom stereocenters. The van der Waals surface area contributed by atoms with Gasteiger partial charge in [0.2, 0.25) is 11.8 Å². The lowest BCUT2D eigenvalue weighted by molar-refractivity contribution is -0.119. The normalized spacial score (nSPS) is 17.2. The first-order valence-corrected chi connectivity index (χ1v) is 9.54. The summed E-state index contributed by atoms with van der Waals surface area (Å²) in [6, 6.07) is 7.78. The zero-order valence-electron chi connectivity index (χ0n) is 16.7. The van der Waals surface area contributed by atoms with Crippen molar-refractivity contribution in [3.05, 3.63) is 41.9 Å². The number of hydrogen-bond donors (Lipinski definition) is 2. The minimum Gasteiger partial charge on any atom is -0.493 e. The minimum atomic E-state index is -0.155. The van der Waals surface area contributed by atoms with Crippen LogP contribution in [0.2, 0.25) is 0 Å². The van der Waals surface area contributed by atoms with Crippen LogP contribution in [-0.4, -0.2) is 47.7 Å². The Morgan fingerprint density at radius 2 is 2.03 bits per heavy atom. The summed E-state index contributed by atoms with van der Waals surface area (Å²) >= 11 is 0. The van der Waals surface area contributed by atoms with Crippen molar-refractivity contribution >= 4 is 16.9 Å². The second-order valence-corrected chi connectivity index (χ2v) is 7.17. The van der Waals surface area contributed by atoms with Gasteiger partial charge in [-0.25, -0.2) is 9.97 Å². The molecule has 29 heavy (non-hydrogen) atoms. The number of nitrogens with zero attached hydrogens (tertiary/aromatic N) is 2. The Balaban J connectivity index is 1.60. The Hall–Kier alpha value is -3.29. The molecule has 0 bridgehead atoms. The van der Waals surface area contributed by atoms with Gasteiger partial charge in [-0.2, -0.15) is 0 Å². The molecule has 0 radical (unpaired) electrons. The Labute approximate surface area is 168 Å². The number of carbonyl (C=O) groups is 1. The summed E-state index contributed by atoms with van der Waals surface area (Å²) in [6.07, 6.45) is 2.54. The number of H-pyrrole nitrogens is 1. The topological polar surface area (TPSA) is 98.4 Å². The van der Waals surface area contributed by atoms with Crippen LogP contribution in [0.15, 0.2) is 30.6 Å². The van der Waals surface area contributed by atoms with Crippen molar-refractivity contribution in [3.63, 3.8) is 0 Å². The van der Waals surface area contributed by atoms with Crippen LogP contribution in [0, 0.1) is 5.92 Å². The Morgan fingerprint density at radius 1 is 1.21 bits per heavy atom. The van der Waals surface area contributed by atoms with Gasteiger partial charge in [0.15, 0.2) is 17.0 Å². The van der Waals surface area contributed by atoms with Gasteiger partial charge < -0.3 is 24.5 Å². The lowest BCUT2D eigenvalue weighted by Gasteiger charge is -2.19. The molecule has 2 N–H and O–H groups in total. The van der Waals surface area contributed by atoms with Crippen molar-refractivity contribution in [2.45, 2.75) is 25.9 Å². The number of aromatic nitrogens is 3.